The van der Waals surface area contributed by atoms with Gasteiger partial charge in [0.1, 0.15) is 0 Å². The van der Waals surface area contributed by atoms with Crippen molar-refractivity contribution in [2.75, 3.05) is 6.54 Å². The van der Waals surface area contributed by atoms with Crippen LogP contribution in [0.3, 0.4) is 0 Å². The molecule has 14 heavy (non-hydrogen) atoms. The molecule has 1 amide bonds. The molecule has 1 N–H and O–H groups in total. The van der Waals surface area contributed by atoms with Crippen molar-refractivity contribution >= 4 is 5.91 Å². The van der Waals surface area contributed by atoms with E-state index in [-0.39, 0.29) is 5.91 Å². The Kier molecular flexibility index (Phi) is 2.53. The minimum Gasteiger partial charge on any atom is -0.355 e. The van der Waals surface area contributed by atoms with E-state index in [1.807, 2.05) is 0 Å². The van der Waals surface area contributed by atoms with Gasteiger partial charge < -0.3 is 5.32 Å². The van der Waals surface area contributed by atoms with Crippen molar-refractivity contribution in [2.24, 2.45) is 0 Å². The second-order valence-corrected chi connectivity index (χ2v) is 3.90. The monoisotopic (exact) mass is 189 g/mol. The number of nitrogens with one attached hydrogen (secondary N) is 1. The summed E-state index contributed by atoms with van der Waals surface area (Å²) in [6, 6.07) is 8.42. The van der Waals surface area contributed by atoms with Gasteiger partial charge in [-0.05, 0) is 24.5 Å². The average molecular weight is 189 g/mol. The number of hydrogen-bond acceptors (Lipinski definition) is 1. The summed E-state index contributed by atoms with van der Waals surface area (Å²) in [5, 5.41) is 2.92. The molecule has 1 heterocycles. The second-order valence-electron chi connectivity index (χ2n) is 3.90. The zero-order valence-corrected chi connectivity index (χ0v) is 8.42. The molecule has 2 heteroatoms. The topological polar surface area (TPSA) is 29.1 Å². The molecule has 1 aliphatic heterocycles. The molecule has 0 aromatic heterocycles. The number of aryl methyl sites for hydroxylation is 1. The maximum absolute atomic E-state index is 11.0. The molecule has 0 spiro atoms. The SMILES string of the molecule is Cc1ccccc1[C@H]1CCC(=O)NC1. The second kappa shape index (κ2) is 3.82. The van der Waals surface area contributed by atoms with Gasteiger partial charge in [0, 0.05) is 18.9 Å². The Hall–Kier alpha value is -1.31. The molecule has 0 saturated carbocycles. The van der Waals surface area contributed by atoms with E-state index in [0.717, 1.165) is 13.0 Å². The van der Waals surface area contributed by atoms with Gasteiger partial charge in [0.2, 0.25) is 5.91 Å². The quantitative estimate of drug-likeness (QED) is 0.719. The largest absolute Gasteiger partial charge is 0.355 e. The average Bonchev–Trinajstić information content (AvgIpc) is 2.20. The van der Waals surface area contributed by atoms with Crippen LogP contribution >= 0.6 is 0 Å². The lowest BCUT2D eigenvalue weighted by Gasteiger charge is -2.24. The Labute approximate surface area is 84.3 Å². The highest BCUT2D eigenvalue weighted by Crippen LogP contribution is 2.25. The van der Waals surface area contributed by atoms with Crippen LogP contribution in [0.15, 0.2) is 24.3 Å². The Morgan fingerprint density at radius 2 is 2.14 bits per heavy atom. The smallest absolute Gasteiger partial charge is 0.220 e. The molecule has 1 saturated heterocycles. The molecular weight excluding hydrogens is 174 g/mol. The van der Waals surface area contributed by atoms with Crippen molar-refractivity contribution in [2.45, 2.75) is 25.7 Å². The van der Waals surface area contributed by atoms with Gasteiger partial charge in [0.15, 0.2) is 0 Å². The molecule has 2 rings (SSSR count). The van der Waals surface area contributed by atoms with Gasteiger partial charge in [0.05, 0.1) is 0 Å². The zero-order valence-electron chi connectivity index (χ0n) is 8.42. The fourth-order valence-corrected chi connectivity index (χ4v) is 2.04. The first-order chi connectivity index (χ1) is 6.77. The lowest BCUT2D eigenvalue weighted by atomic mass is 9.89. The van der Waals surface area contributed by atoms with Crippen LogP contribution in [0.25, 0.3) is 0 Å². The first-order valence-electron chi connectivity index (χ1n) is 5.09. The van der Waals surface area contributed by atoms with E-state index >= 15 is 0 Å². The third-order valence-electron chi connectivity index (χ3n) is 2.89. The number of benzene rings is 1. The van der Waals surface area contributed by atoms with E-state index in [1.54, 1.807) is 0 Å². The van der Waals surface area contributed by atoms with Crippen molar-refractivity contribution in [1.29, 1.82) is 0 Å². The third-order valence-corrected chi connectivity index (χ3v) is 2.89. The molecule has 74 valence electrons. The van der Waals surface area contributed by atoms with Crippen molar-refractivity contribution < 1.29 is 4.79 Å². The lowest BCUT2D eigenvalue weighted by molar-refractivity contribution is -0.122. The maximum Gasteiger partial charge on any atom is 0.220 e. The molecule has 0 radical (unpaired) electrons. The zero-order chi connectivity index (χ0) is 9.97. The molecule has 0 bridgehead atoms. The minimum atomic E-state index is 0.190. The van der Waals surface area contributed by atoms with Crippen LogP contribution in [0.2, 0.25) is 0 Å². The van der Waals surface area contributed by atoms with Crippen molar-refractivity contribution in [3.05, 3.63) is 35.4 Å². The molecule has 1 aromatic rings. The first-order valence-corrected chi connectivity index (χ1v) is 5.09. The van der Waals surface area contributed by atoms with Crippen molar-refractivity contribution in [3.63, 3.8) is 0 Å². The maximum atomic E-state index is 11.0. The summed E-state index contributed by atoms with van der Waals surface area (Å²) in [6.45, 7) is 2.93. The highest BCUT2D eigenvalue weighted by atomic mass is 16.1. The van der Waals surface area contributed by atoms with Gasteiger partial charge in [-0.1, -0.05) is 24.3 Å². The highest BCUT2D eigenvalue weighted by Gasteiger charge is 2.20. The summed E-state index contributed by atoms with van der Waals surface area (Å²) in [5.74, 6) is 0.698. The number of carbonyl (C=O) groups excluding carboxylic acids is 1. The van der Waals surface area contributed by atoms with Gasteiger partial charge in [-0.2, -0.15) is 0 Å². The van der Waals surface area contributed by atoms with Gasteiger partial charge in [-0.25, -0.2) is 0 Å². The molecule has 2 nitrogen and oxygen atoms in total. The molecule has 1 aliphatic rings. The predicted octanol–water partition coefficient (Wildman–Crippen LogP) is 1.99. The molecule has 0 unspecified atom stereocenters. The molecular formula is C12H15NO. The minimum absolute atomic E-state index is 0.190. The summed E-state index contributed by atoms with van der Waals surface area (Å²) < 4.78 is 0. The van der Waals surface area contributed by atoms with Crippen LogP contribution in [0.5, 0.6) is 0 Å². The van der Waals surface area contributed by atoms with Crippen LogP contribution in [-0.2, 0) is 4.79 Å². The number of rotatable bonds is 1. The Morgan fingerprint density at radius 1 is 1.36 bits per heavy atom. The van der Waals surface area contributed by atoms with E-state index in [0.29, 0.717) is 12.3 Å². The summed E-state index contributed by atoms with van der Waals surface area (Å²) in [7, 11) is 0. The lowest BCUT2D eigenvalue weighted by Crippen LogP contribution is -2.33. The van der Waals surface area contributed by atoms with Crippen LogP contribution in [0.4, 0.5) is 0 Å². The Balaban J connectivity index is 2.16. The van der Waals surface area contributed by atoms with E-state index in [4.69, 9.17) is 0 Å². The van der Waals surface area contributed by atoms with Crippen LogP contribution in [0, 0.1) is 6.92 Å². The summed E-state index contributed by atoms with van der Waals surface area (Å²) in [6.07, 6.45) is 1.65. The van der Waals surface area contributed by atoms with Crippen molar-refractivity contribution in [3.8, 4) is 0 Å². The summed E-state index contributed by atoms with van der Waals surface area (Å²) in [4.78, 5) is 11.0. The van der Waals surface area contributed by atoms with E-state index in [2.05, 4.69) is 36.5 Å². The van der Waals surface area contributed by atoms with Crippen LogP contribution in [-0.4, -0.2) is 12.5 Å². The highest BCUT2D eigenvalue weighted by molar-refractivity contribution is 5.76. The number of carbonyl (C=O) groups is 1. The molecule has 0 aliphatic carbocycles. The summed E-state index contributed by atoms with van der Waals surface area (Å²) >= 11 is 0. The van der Waals surface area contributed by atoms with Crippen LogP contribution in [0.1, 0.15) is 29.9 Å². The van der Waals surface area contributed by atoms with Crippen LogP contribution < -0.4 is 5.32 Å². The fourth-order valence-electron chi connectivity index (χ4n) is 2.04. The number of piperidine rings is 1. The first kappa shape index (κ1) is 9.25. The van der Waals surface area contributed by atoms with Crippen molar-refractivity contribution in [1.82, 2.24) is 5.32 Å². The molecule has 1 fully saturated rings. The molecule has 1 aromatic carbocycles. The van der Waals surface area contributed by atoms with Gasteiger partial charge >= 0.3 is 0 Å². The fraction of sp³-hybridized carbons (Fsp3) is 0.417. The summed E-state index contributed by atoms with van der Waals surface area (Å²) in [5.41, 5.74) is 2.71. The number of hydrogen-bond donors (Lipinski definition) is 1. The van der Waals surface area contributed by atoms with Gasteiger partial charge in [-0.3, -0.25) is 4.79 Å². The third kappa shape index (κ3) is 1.79. The Bertz CT molecular complexity index is 336. The standard InChI is InChI=1S/C12H15NO/c1-9-4-2-3-5-11(9)10-6-7-12(14)13-8-10/h2-5,10H,6-8H2,1H3,(H,13,14)/t10-/m0/s1. The van der Waals surface area contributed by atoms with E-state index < -0.39 is 0 Å². The van der Waals surface area contributed by atoms with E-state index in [1.165, 1.54) is 11.1 Å². The van der Waals surface area contributed by atoms with Gasteiger partial charge in [-0.15, -0.1) is 0 Å². The normalized spacial score (nSPS) is 21.8. The van der Waals surface area contributed by atoms with E-state index in [9.17, 15) is 4.79 Å². The molecule has 1 atom stereocenters. The predicted molar refractivity (Wildman–Crippen MR) is 56.2 cm³/mol. The van der Waals surface area contributed by atoms with Gasteiger partial charge in [0.25, 0.3) is 0 Å². The number of amides is 1. The Morgan fingerprint density at radius 3 is 2.79 bits per heavy atom.